The molecule has 0 aromatic heterocycles. The van der Waals surface area contributed by atoms with Crippen LogP contribution in [0.3, 0.4) is 0 Å². The second-order valence-electron chi connectivity index (χ2n) is 4.39. The minimum Gasteiger partial charge on any atom is -0.481 e. The van der Waals surface area contributed by atoms with Crippen molar-refractivity contribution >= 4 is 29.2 Å². The van der Waals surface area contributed by atoms with Crippen molar-refractivity contribution in [3.05, 3.63) is 29.3 Å². The zero-order valence-corrected chi connectivity index (χ0v) is 11.5. The van der Waals surface area contributed by atoms with Gasteiger partial charge in [0.05, 0.1) is 5.92 Å². The van der Waals surface area contributed by atoms with Gasteiger partial charge in [0, 0.05) is 17.3 Å². The van der Waals surface area contributed by atoms with Crippen LogP contribution < -0.4 is 4.90 Å². The monoisotopic (exact) mass is 285 g/mol. The van der Waals surface area contributed by atoms with Crippen molar-refractivity contribution in [3.8, 4) is 0 Å². The Balaban J connectivity index is 3.05. The summed E-state index contributed by atoms with van der Waals surface area (Å²) >= 11 is 5.88. The smallest absolute Gasteiger partial charge is 0.326 e. The van der Waals surface area contributed by atoms with E-state index < -0.39 is 23.9 Å². The molecular formula is C13H16ClNO4. The molecule has 19 heavy (non-hydrogen) atoms. The summed E-state index contributed by atoms with van der Waals surface area (Å²) in [6.07, 6.45) is 0. The minimum absolute atomic E-state index is 0.100. The summed E-state index contributed by atoms with van der Waals surface area (Å²) in [5, 5.41) is 18.5. The van der Waals surface area contributed by atoms with Crippen LogP contribution in [0.4, 0.5) is 5.69 Å². The number of rotatable bonds is 6. The lowest BCUT2D eigenvalue weighted by Crippen LogP contribution is -2.43. The Morgan fingerprint density at radius 1 is 1.26 bits per heavy atom. The molecule has 5 nitrogen and oxygen atoms in total. The predicted molar refractivity (Wildman–Crippen MR) is 72.7 cm³/mol. The number of hydrogen-bond donors (Lipinski definition) is 2. The van der Waals surface area contributed by atoms with E-state index in [0.29, 0.717) is 10.7 Å². The minimum atomic E-state index is -1.02. The number of carboxylic acid groups (broad SMARTS) is 2. The first-order valence-electron chi connectivity index (χ1n) is 5.80. The van der Waals surface area contributed by atoms with Crippen molar-refractivity contribution in [1.29, 1.82) is 0 Å². The Labute approximate surface area is 116 Å². The summed E-state index contributed by atoms with van der Waals surface area (Å²) in [6, 6.07) is 5.87. The fraction of sp³-hybridized carbons (Fsp3) is 0.385. The van der Waals surface area contributed by atoms with Crippen molar-refractivity contribution in [2.45, 2.75) is 19.9 Å². The number of anilines is 1. The van der Waals surface area contributed by atoms with E-state index in [1.165, 1.54) is 18.7 Å². The topological polar surface area (TPSA) is 77.8 Å². The number of aliphatic carboxylic acids is 2. The molecule has 1 aromatic rings. The van der Waals surface area contributed by atoms with Gasteiger partial charge in [0.15, 0.2) is 0 Å². The number of halogens is 1. The molecule has 0 bridgehead atoms. The SMILES string of the molecule is CC(CN(c1cccc(Cl)c1)C(C)C(=O)O)C(=O)O. The normalized spacial score (nSPS) is 13.6. The number of carboxylic acids is 2. The molecule has 0 amide bonds. The molecular weight excluding hydrogens is 270 g/mol. The van der Waals surface area contributed by atoms with Crippen LogP contribution in [-0.2, 0) is 9.59 Å². The summed E-state index contributed by atoms with van der Waals surface area (Å²) in [7, 11) is 0. The molecule has 104 valence electrons. The molecule has 0 aliphatic heterocycles. The molecule has 2 N–H and O–H groups in total. The zero-order valence-electron chi connectivity index (χ0n) is 10.7. The summed E-state index contributed by atoms with van der Waals surface area (Å²) in [4.78, 5) is 23.6. The number of nitrogens with zero attached hydrogens (tertiary/aromatic N) is 1. The Hall–Kier alpha value is -1.75. The molecule has 0 saturated carbocycles. The molecule has 0 heterocycles. The first-order valence-corrected chi connectivity index (χ1v) is 6.18. The molecule has 2 atom stereocenters. The zero-order chi connectivity index (χ0) is 14.6. The van der Waals surface area contributed by atoms with Crippen LogP contribution in [0.2, 0.25) is 5.02 Å². The third kappa shape index (κ3) is 4.13. The van der Waals surface area contributed by atoms with Gasteiger partial charge in [-0.25, -0.2) is 4.79 Å². The van der Waals surface area contributed by atoms with E-state index in [2.05, 4.69) is 0 Å². The average molecular weight is 286 g/mol. The largest absolute Gasteiger partial charge is 0.481 e. The van der Waals surface area contributed by atoms with E-state index >= 15 is 0 Å². The standard InChI is InChI=1S/C13H16ClNO4/c1-8(12(16)17)7-15(9(2)13(18)19)11-5-3-4-10(14)6-11/h3-6,8-9H,7H2,1-2H3,(H,16,17)(H,18,19). The Morgan fingerprint density at radius 3 is 2.37 bits per heavy atom. The fourth-order valence-corrected chi connectivity index (χ4v) is 1.83. The number of benzene rings is 1. The van der Waals surface area contributed by atoms with Crippen LogP contribution >= 0.6 is 11.6 Å². The molecule has 0 fully saturated rings. The highest BCUT2D eigenvalue weighted by atomic mass is 35.5. The highest BCUT2D eigenvalue weighted by molar-refractivity contribution is 6.30. The fourth-order valence-electron chi connectivity index (χ4n) is 1.65. The van der Waals surface area contributed by atoms with Gasteiger partial charge in [0.1, 0.15) is 6.04 Å². The molecule has 0 aliphatic carbocycles. The van der Waals surface area contributed by atoms with E-state index in [1.54, 1.807) is 24.3 Å². The number of carbonyl (C=O) groups is 2. The van der Waals surface area contributed by atoms with Crippen molar-refractivity contribution in [3.63, 3.8) is 0 Å². The molecule has 1 rings (SSSR count). The molecule has 0 radical (unpaired) electrons. The van der Waals surface area contributed by atoms with Gasteiger partial charge in [-0.05, 0) is 25.1 Å². The maximum Gasteiger partial charge on any atom is 0.326 e. The van der Waals surface area contributed by atoms with Gasteiger partial charge in [-0.1, -0.05) is 24.6 Å². The highest BCUT2D eigenvalue weighted by Gasteiger charge is 2.25. The Kier molecular flexibility index (Phi) is 5.18. The van der Waals surface area contributed by atoms with Gasteiger partial charge in [-0.2, -0.15) is 0 Å². The van der Waals surface area contributed by atoms with Crippen LogP contribution in [-0.4, -0.2) is 34.7 Å². The average Bonchev–Trinajstić information content (AvgIpc) is 2.34. The van der Waals surface area contributed by atoms with Crippen molar-refractivity contribution < 1.29 is 19.8 Å². The van der Waals surface area contributed by atoms with Gasteiger partial charge in [-0.15, -0.1) is 0 Å². The van der Waals surface area contributed by atoms with E-state index in [1.807, 2.05) is 0 Å². The second kappa shape index (κ2) is 6.43. The maximum absolute atomic E-state index is 11.1. The summed E-state index contributed by atoms with van der Waals surface area (Å²) in [6.45, 7) is 3.15. The van der Waals surface area contributed by atoms with Crippen LogP contribution in [0, 0.1) is 5.92 Å². The quantitative estimate of drug-likeness (QED) is 0.839. The lowest BCUT2D eigenvalue weighted by Gasteiger charge is -2.30. The van der Waals surface area contributed by atoms with Gasteiger partial charge >= 0.3 is 11.9 Å². The van der Waals surface area contributed by atoms with Gasteiger partial charge in [-0.3, -0.25) is 4.79 Å². The Morgan fingerprint density at radius 2 is 1.89 bits per heavy atom. The molecule has 2 unspecified atom stereocenters. The van der Waals surface area contributed by atoms with Crippen LogP contribution in [0.15, 0.2) is 24.3 Å². The third-order valence-corrected chi connectivity index (χ3v) is 3.09. The van der Waals surface area contributed by atoms with Gasteiger partial charge in [0.2, 0.25) is 0 Å². The van der Waals surface area contributed by atoms with Crippen LogP contribution in [0.25, 0.3) is 0 Å². The van der Waals surface area contributed by atoms with Crippen molar-refractivity contribution in [2.24, 2.45) is 5.92 Å². The van der Waals surface area contributed by atoms with Crippen molar-refractivity contribution in [1.82, 2.24) is 0 Å². The van der Waals surface area contributed by atoms with Crippen LogP contribution in [0.5, 0.6) is 0 Å². The molecule has 6 heteroatoms. The molecule has 0 aliphatic rings. The Bertz CT molecular complexity index is 477. The van der Waals surface area contributed by atoms with Crippen LogP contribution in [0.1, 0.15) is 13.8 Å². The van der Waals surface area contributed by atoms with E-state index in [9.17, 15) is 9.59 Å². The maximum atomic E-state index is 11.1. The highest BCUT2D eigenvalue weighted by Crippen LogP contribution is 2.22. The predicted octanol–water partition coefficient (Wildman–Crippen LogP) is 2.34. The summed E-state index contributed by atoms with van der Waals surface area (Å²) in [5.41, 5.74) is 0.593. The van der Waals surface area contributed by atoms with E-state index in [0.717, 1.165) is 0 Å². The lowest BCUT2D eigenvalue weighted by atomic mass is 10.1. The third-order valence-electron chi connectivity index (χ3n) is 2.86. The second-order valence-corrected chi connectivity index (χ2v) is 4.82. The van der Waals surface area contributed by atoms with Gasteiger partial charge < -0.3 is 15.1 Å². The van der Waals surface area contributed by atoms with Gasteiger partial charge in [0.25, 0.3) is 0 Å². The summed E-state index contributed by atoms with van der Waals surface area (Å²) < 4.78 is 0. The number of hydrogen-bond acceptors (Lipinski definition) is 3. The first kappa shape index (κ1) is 15.3. The van der Waals surface area contributed by atoms with Crippen molar-refractivity contribution in [2.75, 3.05) is 11.4 Å². The van der Waals surface area contributed by atoms with E-state index in [4.69, 9.17) is 21.8 Å². The molecule has 0 saturated heterocycles. The summed E-state index contributed by atoms with van der Waals surface area (Å²) in [5.74, 6) is -2.66. The first-order chi connectivity index (χ1) is 8.82. The molecule has 1 aromatic carbocycles. The van der Waals surface area contributed by atoms with E-state index in [-0.39, 0.29) is 6.54 Å². The molecule has 0 spiro atoms. The lowest BCUT2D eigenvalue weighted by molar-refractivity contribution is -0.142.